The van der Waals surface area contributed by atoms with E-state index in [0.717, 1.165) is 12.3 Å². The smallest absolute Gasteiger partial charge is 0.0521 e. The molecule has 0 amide bonds. The van der Waals surface area contributed by atoms with Gasteiger partial charge >= 0.3 is 0 Å². The minimum atomic E-state index is 0.538. The normalized spacial score (nSPS) is 19.2. The van der Waals surface area contributed by atoms with Crippen LogP contribution in [-0.4, -0.2) is 22.9 Å². The van der Waals surface area contributed by atoms with E-state index in [4.69, 9.17) is 0 Å². The lowest BCUT2D eigenvalue weighted by Crippen LogP contribution is -2.56. The van der Waals surface area contributed by atoms with Crippen LogP contribution in [0.2, 0.25) is 0 Å². The fraction of sp³-hybridized carbons (Fsp3) is 0.750. The van der Waals surface area contributed by atoms with E-state index in [1.165, 1.54) is 25.1 Å². The molecule has 1 saturated heterocycles. The lowest BCUT2D eigenvalue weighted by Gasteiger charge is -2.46. The van der Waals surface area contributed by atoms with Gasteiger partial charge in [0, 0.05) is 26.3 Å². The Morgan fingerprint density at radius 3 is 2.67 bits per heavy atom. The Morgan fingerprint density at radius 1 is 1.53 bits per heavy atom. The van der Waals surface area contributed by atoms with Crippen LogP contribution in [0.15, 0.2) is 12.4 Å². The molecule has 2 heterocycles. The zero-order valence-corrected chi connectivity index (χ0v) is 9.95. The monoisotopic (exact) mass is 207 g/mol. The summed E-state index contributed by atoms with van der Waals surface area (Å²) in [6.45, 7) is 7.05. The second-order valence-corrected chi connectivity index (χ2v) is 5.14. The zero-order valence-electron chi connectivity index (χ0n) is 9.95. The predicted molar refractivity (Wildman–Crippen MR) is 61.7 cm³/mol. The Morgan fingerprint density at radius 2 is 2.27 bits per heavy atom. The standard InChI is InChI=1S/C12H21N3/c1-10(2)12(8-13-9-12)5-4-11-6-14-15(3)7-11/h6-7,10,13H,4-5,8-9H2,1-3H3. The minimum Gasteiger partial charge on any atom is -0.316 e. The molecule has 15 heavy (non-hydrogen) atoms. The Labute approximate surface area is 91.9 Å². The van der Waals surface area contributed by atoms with Gasteiger partial charge in [-0.1, -0.05) is 13.8 Å². The lowest BCUT2D eigenvalue weighted by atomic mass is 9.69. The maximum atomic E-state index is 4.21. The van der Waals surface area contributed by atoms with E-state index in [0.29, 0.717) is 5.41 Å². The van der Waals surface area contributed by atoms with E-state index in [-0.39, 0.29) is 0 Å². The van der Waals surface area contributed by atoms with Gasteiger partial charge in [0.1, 0.15) is 0 Å². The molecule has 84 valence electrons. The van der Waals surface area contributed by atoms with Crippen molar-refractivity contribution in [1.29, 1.82) is 0 Å². The average Bonchev–Trinajstić information content (AvgIpc) is 2.49. The molecule has 1 aromatic rings. The van der Waals surface area contributed by atoms with E-state index >= 15 is 0 Å². The van der Waals surface area contributed by atoms with Crippen molar-refractivity contribution < 1.29 is 0 Å². The van der Waals surface area contributed by atoms with Crippen LogP contribution in [0.4, 0.5) is 0 Å². The van der Waals surface area contributed by atoms with Gasteiger partial charge in [-0.3, -0.25) is 4.68 Å². The van der Waals surface area contributed by atoms with Crippen molar-refractivity contribution in [2.24, 2.45) is 18.4 Å². The van der Waals surface area contributed by atoms with Gasteiger partial charge < -0.3 is 5.32 Å². The fourth-order valence-corrected chi connectivity index (χ4v) is 2.31. The molecule has 1 N–H and O–H groups in total. The van der Waals surface area contributed by atoms with Gasteiger partial charge in [0.25, 0.3) is 0 Å². The van der Waals surface area contributed by atoms with Crippen LogP contribution in [0.25, 0.3) is 0 Å². The van der Waals surface area contributed by atoms with E-state index in [1.807, 2.05) is 17.9 Å². The van der Waals surface area contributed by atoms with Gasteiger partial charge in [0.05, 0.1) is 6.20 Å². The number of aryl methyl sites for hydroxylation is 2. The highest BCUT2D eigenvalue weighted by atomic mass is 15.2. The van der Waals surface area contributed by atoms with Crippen LogP contribution in [0.3, 0.4) is 0 Å². The molecule has 0 atom stereocenters. The van der Waals surface area contributed by atoms with Crippen LogP contribution in [-0.2, 0) is 13.5 Å². The van der Waals surface area contributed by atoms with Crippen LogP contribution in [0.1, 0.15) is 25.8 Å². The topological polar surface area (TPSA) is 29.9 Å². The second-order valence-electron chi connectivity index (χ2n) is 5.14. The van der Waals surface area contributed by atoms with Crippen LogP contribution in [0.5, 0.6) is 0 Å². The molecule has 0 aromatic carbocycles. The average molecular weight is 207 g/mol. The van der Waals surface area contributed by atoms with Gasteiger partial charge in [0.2, 0.25) is 0 Å². The van der Waals surface area contributed by atoms with E-state index < -0.39 is 0 Å². The number of rotatable bonds is 4. The number of nitrogens with zero attached hydrogens (tertiary/aromatic N) is 2. The molecule has 1 aliphatic rings. The summed E-state index contributed by atoms with van der Waals surface area (Å²) < 4.78 is 1.89. The minimum absolute atomic E-state index is 0.538. The summed E-state index contributed by atoms with van der Waals surface area (Å²) in [6, 6.07) is 0. The first-order valence-corrected chi connectivity index (χ1v) is 5.81. The number of hydrogen-bond donors (Lipinski definition) is 1. The molecule has 2 rings (SSSR count). The third-order valence-corrected chi connectivity index (χ3v) is 3.85. The highest BCUT2D eigenvalue weighted by Gasteiger charge is 2.39. The summed E-state index contributed by atoms with van der Waals surface area (Å²) in [4.78, 5) is 0. The Balaban J connectivity index is 1.92. The predicted octanol–water partition coefficient (Wildman–Crippen LogP) is 1.60. The molecule has 3 heteroatoms. The van der Waals surface area contributed by atoms with Crippen LogP contribution >= 0.6 is 0 Å². The lowest BCUT2D eigenvalue weighted by molar-refractivity contribution is 0.0878. The largest absolute Gasteiger partial charge is 0.316 e. The molecule has 0 bridgehead atoms. The van der Waals surface area contributed by atoms with Crippen molar-refractivity contribution in [3.05, 3.63) is 18.0 Å². The van der Waals surface area contributed by atoms with Crippen molar-refractivity contribution >= 4 is 0 Å². The van der Waals surface area contributed by atoms with Gasteiger partial charge in [-0.15, -0.1) is 0 Å². The highest BCUT2D eigenvalue weighted by molar-refractivity contribution is 5.06. The molecular formula is C12H21N3. The van der Waals surface area contributed by atoms with E-state index in [9.17, 15) is 0 Å². The second kappa shape index (κ2) is 3.97. The van der Waals surface area contributed by atoms with Crippen molar-refractivity contribution in [3.8, 4) is 0 Å². The number of nitrogens with one attached hydrogen (secondary N) is 1. The zero-order chi connectivity index (χ0) is 10.9. The van der Waals surface area contributed by atoms with Crippen LogP contribution in [0, 0.1) is 11.3 Å². The molecule has 1 aliphatic heterocycles. The Hall–Kier alpha value is -0.830. The third-order valence-electron chi connectivity index (χ3n) is 3.85. The highest BCUT2D eigenvalue weighted by Crippen LogP contribution is 2.36. The molecular weight excluding hydrogens is 186 g/mol. The van der Waals surface area contributed by atoms with Crippen molar-refractivity contribution in [1.82, 2.24) is 15.1 Å². The number of aromatic nitrogens is 2. The maximum Gasteiger partial charge on any atom is 0.0521 e. The molecule has 1 fully saturated rings. The molecule has 0 radical (unpaired) electrons. The van der Waals surface area contributed by atoms with Crippen LogP contribution < -0.4 is 5.32 Å². The maximum absolute atomic E-state index is 4.21. The molecule has 3 nitrogen and oxygen atoms in total. The quantitative estimate of drug-likeness (QED) is 0.812. The molecule has 0 aliphatic carbocycles. The molecule has 0 spiro atoms. The van der Waals surface area contributed by atoms with E-state index in [2.05, 4.69) is 30.5 Å². The van der Waals surface area contributed by atoms with E-state index in [1.54, 1.807) is 0 Å². The summed E-state index contributed by atoms with van der Waals surface area (Å²) in [5.74, 6) is 0.774. The van der Waals surface area contributed by atoms with Gasteiger partial charge in [-0.2, -0.15) is 5.10 Å². The molecule has 0 unspecified atom stereocenters. The fourth-order valence-electron chi connectivity index (χ4n) is 2.31. The first-order chi connectivity index (χ1) is 7.12. The summed E-state index contributed by atoms with van der Waals surface area (Å²) >= 11 is 0. The summed E-state index contributed by atoms with van der Waals surface area (Å²) in [5.41, 5.74) is 1.90. The SMILES string of the molecule is CC(C)C1(CCc2cnn(C)c2)CNC1. The van der Waals surface area contributed by atoms with Gasteiger partial charge in [-0.25, -0.2) is 0 Å². The van der Waals surface area contributed by atoms with Crippen molar-refractivity contribution in [2.75, 3.05) is 13.1 Å². The van der Waals surface area contributed by atoms with Crippen molar-refractivity contribution in [3.63, 3.8) is 0 Å². The first-order valence-electron chi connectivity index (χ1n) is 5.81. The Kier molecular flexibility index (Phi) is 2.83. The Bertz CT molecular complexity index is 323. The number of hydrogen-bond acceptors (Lipinski definition) is 2. The third kappa shape index (κ3) is 2.07. The first kappa shape index (κ1) is 10.7. The molecule has 1 aromatic heterocycles. The van der Waals surface area contributed by atoms with Crippen molar-refractivity contribution in [2.45, 2.75) is 26.7 Å². The summed E-state index contributed by atoms with van der Waals surface area (Å²) in [6.07, 6.45) is 6.55. The summed E-state index contributed by atoms with van der Waals surface area (Å²) in [5, 5.41) is 7.61. The van der Waals surface area contributed by atoms with Gasteiger partial charge in [-0.05, 0) is 29.7 Å². The van der Waals surface area contributed by atoms with Gasteiger partial charge in [0.15, 0.2) is 0 Å². The summed E-state index contributed by atoms with van der Waals surface area (Å²) in [7, 11) is 1.98. The molecule has 0 saturated carbocycles.